The highest BCUT2D eigenvalue weighted by Crippen LogP contribution is 2.45. The van der Waals surface area contributed by atoms with E-state index in [0.717, 1.165) is 25.8 Å². The molecule has 0 unspecified atom stereocenters. The zero-order chi connectivity index (χ0) is 10.8. The van der Waals surface area contributed by atoms with Gasteiger partial charge in [0.25, 0.3) is 0 Å². The van der Waals surface area contributed by atoms with Crippen LogP contribution in [0.15, 0.2) is 0 Å². The van der Waals surface area contributed by atoms with Gasteiger partial charge in [-0.2, -0.15) is 0 Å². The van der Waals surface area contributed by atoms with Gasteiger partial charge >= 0.3 is 5.97 Å². The van der Waals surface area contributed by atoms with Crippen molar-refractivity contribution in [3.05, 3.63) is 0 Å². The van der Waals surface area contributed by atoms with Gasteiger partial charge in [-0.1, -0.05) is 20.8 Å². The van der Waals surface area contributed by atoms with Crippen LogP contribution in [0, 0.1) is 10.8 Å². The normalized spacial score (nSPS) is 19.4. The van der Waals surface area contributed by atoms with E-state index in [-0.39, 0.29) is 5.41 Å². The highest BCUT2D eigenvalue weighted by molar-refractivity contribution is 5.78. The summed E-state index contributed by atoms with van der Waals surface area (Å²) in [5.74, 6) is -0.640. The van der Waals surface area contributed by atoms with Gasteiger partial charge in [-0.05, 0) is 24.7 Å². The van der Waals surface area contributed by atoms with E-state index in [1.54, 1.807) is 0 Å². The molecule has 1 aliphatic carbocycles. The zero-order valence-electron chi connectivity index (χ0n) is 9.39. The summed E-state index contributed by atoms with van der Waals surface area (Å²) in [4.78, 5) is 10.9. The van der Waals surface area contributed by atoms with Crippen LogP contribution in [0.5, 0.6) is 0 Å². The van der Waals surface area contributed by atoms with Crippen molar-refractivity contribution in [3.8, 4) is 0 Å². The first-order valence-electron chi connectivity index (χ1n) is 5.36. The van der Waals surface area contributed by atoms with E-state index in [9.17, 15) is 4.79 Å². The summed E-state index contributed by atoms with van der Waals surface area (Å²) in [7, 11) is 0. The highest BCUT2D eigenvalue weighted by Gasteiger charge is 2.49. The molecule has 0 aromatic rings. The van der Waals surface area contributed by atoms with Crippen LogP contribution in [-0.4, -0.2) is 24.2 Å². The molecule has 0 atom stereocenters. The van der Waals surface area contributed by atoms with Crippen LogP contribution in [0.2, 0.25) is 0 Å². The molecule has 1 saturated carbocycles. The molecule has 1 rings (SSSR count). The summed E-state index contributed by atoms with van der Waals surface area (Å²) in [5, 5.41) is 12.2. The lowest BCUT2D eigenvalue weighted by molar-refractivity contribution is -0.143. The summed E-state index contributed by atoms with van der Waals surface area (Å²) in [5.41, 5.74) is -0.154. The minimum absolute atomic E-state index is 0.272. The second kappa shape index (κ2) is 3.89. The number of hydrogen-bond donors (Lipinski definition) is 2. The van der Waals surface area contributed by atoms with Crippen molar-refractivity contribution >= 4 is 5.97 Å². The first-order valence-corrected chi connectivity index (χ1v) is 5.36. The van der Waals surface area contributed by atoms with Crippen molar-refractivity contribution in [3.63, 3.8) is 0 Å². The van der Waals surface area contributed by atoms with Gasteiger partial charge < -0.3 is 10.4 Å². The van der Waals surface area contributed by atoms with Gasteiger partial charge in [0.1, 0.15) is 0 Å². The second-order valence-corrected chi connectivity index (χ2v) is 5.21. The van der Waals surface area contributed by atoms with E-state index in [0.29, 0.717) is 6.54 Å². The van der Waals surface area contributed by atoms with Gasteiger partial charge in [-0.25, -0.2) is 0 Å². The molecule has 3 heteroatoms. The Morgan fingerprint density at radius 3 is 2.43 bits per heavy atom. The summed E-state index contributed by atoms with van der Waals surface area (Å²) < 4.78 is 0. The fourth-order valence-corrected chi connectivity index (χ4v) is 1.38. The van der Waals surface area contributed by atoms with E-state index >= 15 is 0 Å². The lowest BCUT2D eigenvalue weighted by Gasteiger charge is -2.24. The standard InChI is InChI=1S/C11H21NO2/c1-4-10(2,3)7-12-8-11(5-6-11)9(13)14/h12H,4-8H2,1-3H3,(H,13,14). The molecule has 0 saturated heterocycles. The maximum absolute atomic E-state index is 10.9. The van der Waals surface area contributed by atoms with Crippen LogP contribution in [-0.2, 0) is 4.79 Å². The molecule has 0 bridgehead atoms. The maximum atomic E-state index is 10.9. The van der Waals surface area contributed by atoms with Gasteiger partial charge in [0, 0.05) is 13.1 Å². The molecular formula is C11H21NO2. The quantitative estimate of drug-likeness (QED) is 0.686. The van der Waals surface area contributed by atoms with Crippen molar-refractivity contribution in [1.29, 1.82) is 0 Å². The highest BCUT2D eigenvalue weighted by atomic mass is 16.4. The molecule has 1 fully saturated rings. The van der Waals surface area contributed by atoms with Crippen LogP contribution in [0.3, 0.4) is 0 Å². The Kier molecular flexibility index (Phi) is 3.20. The molecule has 1 aliphatic rings. The third kappa shape index (κ3) is 2.71. The largest absolute Gasteiger partial charge is 0.481 e. The summed E-state index contributed by atoms with van der Waals surface area (Å²) in [6.07, 6.45) is 2.78. The summed E-state index contributed by atoms with van der Waals surface area (Å²) in [6.45, 7) is 8.08. The van der Waals surface area contributed by atoms with Crippen LogP contribution < -0.4 is 5.32 Å². The molecule has 0 heterocycles. The minimum Gasteiger partial charge on any atom is -0.481 e. The van der Waals surface area contributed by atoms with E-state index in [1.807, 2.05) is 0 Å². The Hall–Kier alpha value is -0.570. The molecule has 0 radical (unpaired) electrons. The van der Waals surface area contributed by atoms with Crippen molar-refractivity contribution in [1.82, 2.24) is 5.32 Å². The summed E-state index contributed by atoms with van der Waals surface area (Å²) in [6, 6.07) is 0. The fraction of sp³-hybridized carbons (Fsp3) is 0.909. The molecule has 82 valence electrons. The first-order chi connectivity index (χ1) is 6.42. The van der Waals surface area contributed by atoms with Crippen molar-refractivity contribution in [2.24, 2.45) is 10.8 Å². The molecule has 0 aromatic carbocycles. The van der Waals surface area contributed by atoms with E-state index in [2.05, 4.69) is 26.1 Å². The Balaban J connectivity index is 2.25. The number of aliphatic carboxylic acids is 1. The lowest BCUT2D eigenvalue weighted by Crippen LogP contribution is -2.35. The average Bonchev–Trinajstić information content (AvgIpc) is 2.85. The third-order valence-corrected chi connectivity index (χ3v) is 3.33. The Morgan fingerprint density at radius 1 is 1.50 bits per heavy atom. The minimum atomic E-state index is -0.640. The van der Waals surface area contributed by atoms with Crippen LogP contribution in [0.25, 0.3) is 0 Å². The van der Waals surface area contributed by atoms with E-state index in [1.165, 1.54) is 0 Å². The van der Waals surface area contributed by atoms with Crippen molar-refractivity contribution in [2.45, 2.75) is 40.0 Å². The van der Waals surface area contributed by atoms with E-state index < -0.39 is 11.4 Å². The number of rotatable bonds is 6. The van der Waals surface area contributed by atoms with Crippen molar-refractivity contribution < 1.29 is 9.90 Å². The van der Waals surface area contributed by atoms with Gasteiger partial charge in [0.2, 0.25) is 0 Å². The zero-order valence-corrected chi connectivity index (χ0v) is 9.39. The maximum Gasteiger partial charge on any atom is 0.310 e. The summed E-state index contributed by atoms with van der Waals surface area (Å²) >= 11 is 0. The van der Waals surface area contributed by atoms with Gasteiger partial charge in [0.15, 0.2) is 0 Å². The van der Waals surface area contributed by atoms with Crippen LogP contribution in [0.4, 0.5) is 0 Å². The number of nitrogens with one attached hydrogen (secondary N) is 1. The first kappa shape index (κ1) is 11.5. The SMILES string of the molecule is CCC(C)(C)CNCC1(C(=O)O)CC1. The predicted molar refractivity (Wildman–Crippen MR) is 56.2 cm³/mol. The average molecular weight is 199 g/mol. The smallest absolute Gasteiger partial charge is 0.310 e. The number of carboxylic acid groups (broad SMARTS) is 1. The monoisotopic (exact) mass is 199 g/mol. The van der Waals surface area contributed by atoms with Gasteiger partial charge in [0.05, 0.1) is 5.41 Å². The Labute approximate surface area is 85.9 Å². The number of carbonyl (C=O) groups is 1. The Bertz CT molecular complexity index is 219. The second-order valence-electron chi connectivity index (χ2n) is 5.21. The molecule has 2 N–H and O–H groups in total. The molecular weight excluding hydrogens is 178 g/mol. The predicted octanol–water partition coefficient (Wildman–Crippen LogP) is 1.88. The third-order valence-electron chi connectivity index (χ3n) is 3.33. The molecule has 0 amide bonds. The molecule has 14 heavy (non-hydrogen) atoms. The molecule has 3 nitrogen and oxygen atoms in total. The van der Waals surface area contributed by atoms with Crippen molar-refractivity contribution in [2.75, 3.05) is 13.1 Å². The molecule has 0 spiro atoms. The van der Waals surface area contributed by atoms with Gasteiger partial charge in [-0.3, -0.25) is 4.79 Å². The Morgan fingerprint density at radius 2 is 2.07 bits per heavy atom. The topological polar surface area (TPSA) is 49.3 Å². The van der Waals surface area contributed by atoms with Crippen LogP contribution >= 0.6 is 0 Å². The number of hydrogen-bond acceptors (Lipinski definition) is 2. The number of carboxylic acids is 1. The van der Waals surface area contributed by atoms with Crippen LogP contribution in [0.1, 0.15) is 40.0 Å². The fourth-order valence-electron chi connectivity index (χ4n) is 1.38. The lowest BCUT2D eigenvalue weighted by atomic mass is 9.90. The van der Waals surface area contributed by atoms with E-state index in [4.69, 9.17) is 5.11 Å². The molecule has 0 aliphatic heterocycles. The van der Waals surface area contributed by atoms with Gasteiger partial charge in [-0.15, -0.1) is 0 Å². The molecule has 0 aromatic heterocycles.